The van der Waals surface area contributed by atoms with Crippen LogP contribution >= 0.6 is 0 Å². The number of amidine groups is 1. The zero-order chi connectivity index (χ0) is 17.2. The van der Waals surface area contributed by atoms with Crippen molar-refractivity contribution in [3.63, 3.8) is 0 Å². The maximum absolute atomic E-state index is 10.8. The molecule has 1 N–H and O–H groups in total. The topological polar surface area (TPSA) is 72.5 Å². The molecule has 25 heavy (non-hydrogen) atoms. The molecule has 0 fully saturated rings. The number of fused-ring (bicyclic) bond motifs is 1. The van der Waals surface area contributed by atoms with E-state index < -0.39 is 4.92 Å². The number of aromatic nitrogens is 1. The molecule has 2 aromatic carbocycles. The van der Waals surface area contributed by atoms with E-state index in [4.69, 9.17) is 0 Å². The first-order valence-corrected chi connectivity index (χ1v) is 8.04. The normalized spacial score (nSPS) is 14.4. The number of hydrogen-bond acceptors (Lipinski definition) is 4. The van der Waals surface area contributed by atoms with E-state index in [-0.39, 0.29) is 5.69 Å². The van der Waals surface area contributed by atoms with E-state index >= 15 is 0 Å². The van der Waals surface area contributed by atoms with Crippen LogP contribution in [0.25, 0.3) is 22.7 Å². The van der Waals surface area contributed by atoms with Crippen molar-refractivity contribution in [1.29, 1.82) is 0 Å². The van der Waals surface area contributed by atoms with Gasteiger partial charge in [-0.1, -0.05) is 18.2 Å². The summed E-state index contributed by atoms with van der Waals surface area (Å²) in [5.41, 5.74) is 2.98. The molecule has 0 saturated carbocycles. The SMILES string of the molecule is O=[N+]([O-])c1ccc(/C=C(/C2=NCCN2)n2ccc3ccccc32)cc1. The molecule has 0 aliphatic carbocycles. The molecule has 0 amide bonds. The number of nitro groups is 1. The van der Waals surface area contributed by atoms with Gasteiger partial charge in [-0.25, -0.2) is 0 Å². The van der Waals surface area contributed by atoms with Gasteiger partial charge in [-0.15, -0.1) is 0 Å². The quantitative estimate of drug-likeness (QED) is 0.586. The summed E-state index contributed by atoms with van der Waals surface area (Å²) < 4.78 is 2.09. The Labute approximate surface area is 144 Å². The standard InChI is InChI=1S/C19H16N4O2/c24-23(25)16-7-5-14(6-8-16)13-18(19-20-10-11-21-19)22-12-9-15-3-1-2-4-17(15)22/h1-9,12-13H,10-11H2,(H,20,21)/b18-13-. The maximum Gasteiger partial charge on any atom is 0.269 e. The highest BCUT2D eigenvalue weighted by molar-refractivity contribution is 6.23. The summed E-state index contributed by atoms with van der Waals surface area (Å²) in [6.07, 6.45) is 4.01. The molecule has 1 aliphatic heterocycles. The third-order valence-corrected chi connectivity index (χ3v) is 4.18. The number of para-hydroxylation sites is 1. The van der Waals surface area contributed by atoms with Gasteiger partial charge in [-0.05, 0) is 41.3 Å². The molecule has 6 nitrogen and oxygen atoms in total. The lowest BCUT2D eigenvalue weighted by Crippen LogP contribution is -2.22. The van der Waals surface area contributed by atoms with E-state index in [2.05, 4.69) is 33.1 Å². The van der Waals surface area contributed by atoms with Crippen LogP contribution in [-0.4, -0.2) is 28.4 Å². The van der Waals surface area contributed by atoms with Gasteiger partial charge in [0, 0.05) is 24.9 Å². The lowest BCUT2D eigenvalue weighted by Gasteiger charge is -2.12. The number of aliphatic imine (C=N–C) groups is 1. The van der Waals surface area contributed by atoms with Gasteiger partial charge in [0.15, 0.2) is 0 Å². The minimum absolute atomic E-state index is 0.0847. The fraction of sp³-hybridized carbons (Fsp3) is 0.105. The molecule has 124 valence electrons. The van der Waals surface area contributed by atoms with Crippen molar-refractivity contribution in [3.8, 4) is 0 Å². The highest BCUT2D eigenvalue weighted by Crippen LogP contribution is 2.23. The van der Waals surface area contributed by atoms with Gasteiger partial charge in [0.2, 0.25) is 0 Å². The lowest BCUT2D eigenvalue weighted by molar-refractivity contribution is -0.384. The van der Waals surface area contributed by atoms with Gasteiger partial charge in [0.25, 0.3) is 5.69 Å². The smallest absolute Gasteiger partial charge is 0.269 e. The predicted molar refractivity (Wildman–Crippen MR) is 99.5 cm³/mol. The van der Waals surface area contributed by atoms with Crippen LogP contribution in [0.3, 0.4) is 0 Å². The molecule has 4 rings (SSSR count). The first kappa shape index (κ1) is 15.1. The lowest BCUT2D eigenvalue weighted by atomic mass is 10.1. The van der Waals surface area contributed by atoms with Crippen LogP contribution in [0.5, 0.6) is 0 Å². The number of non-ortho nitro benzene ring substituents is 1. The highest BCUT2D eigenvalue weighted by atomic mass is 16.6. The highest BCUT2D eigenvalue weighted by Gasteiger charge is 2.15. The van der Waals surface area contributed by atoms with E-state index in [1.807, 2.05) is 24.4 Å². The molecule has 6 heteroatoms. The molecular formula is C19H16N4O2. The van der Waals surface area contributed by atoms with Crippen LogP contribution in [0.15, 0.2) is 65.8 Å². The average Bonchev–Trinajstić information content (AvgIpc) is 3.30. The number of benzene rings is 2. The van der Waals surface area contributed by atoms with Gasteiger partial charge in [0.1, 0.15) is 5.84 Å². The van der Waals surface area contributed by atoms with Gasteiger partial charge >= 0.3 is 0 Å². The summed E-state index contributed by atoms with van der Waals surface area (Å²) >= 11 is 0. The molecular weight excluding hydrogens is 316 g/mol. The number of rotatable bonds is 4. The van der Waals surface area contributed by atoms with E-state index in [0.29, 0.717) is 0 Å². The van der Waals surface area contributed by atoms with Crippen LogP contribution in [0, 0.1) is 10.1 Å². The molecule has 0 spiro atoms. The van der Waals surface area contributed by atoms with Gasteiger partial charge in [0.05, 0.1) is 22.7 Å². The Hall–Kier alpha value is -3.41. The van der Waals surface area contributed by atoms with Crippen molar-refractivity contribution < 1.29 is 4.92 Å². The van der Waals surface area contributed by atoms with Crippen LogP contribution in [0.2, 0.25) is 0 Å². The van der Waals surface area contributed by atoms with Crippen molar-refractivity contribution in [2.75, 3.05) is 13.1 Å². The first-order valence-electron chi connectivity index (χ1n) is 8.04. The molecule has 0 bridgehead atoms. The van der Waals surface area contributed by atoms with Crippen LogP contribution in [0.1, 0.15) is 5.56 Å². The Morgan fingerprint density at radius 2 is 1.96 bits per heavy atom. The van der Waals surface area contributed by atoms with Crippen LogP contribution < -0.4 is 5.32 Å². The van der Waals surface area contributed by atoms with Crippen molar-refractivity contribution in [2.45, 2.75) is 0 Å². The fourth-order valence-electron chi connectivity index (χ4n) is 2.96. The molecule has 0 radical (unpaired) electrons. The Morgan fingerprint density at radius 3 is 2.68 bits per heavy atom. The Kier molecular flexibility index (Phi) is 3.78. The molecule has 1 aliphatic rings. The summed E-state index contributed by atoms with van der Waals surface area (Å²) in [5.74, 6) is 0.833. The Morgan fingerprint density at radius 1 is 1.16 bits per heavy atom. The second-order valence-electron chi connectivity index (χ2n) is 5.78. The molecule has 0 unspecified atom stereocenters. The second kappa shape index (κ2) is 6.24. The maximum atomic E-state index is 10.8. The van der Waals surface area contributed by atoms with E-state index in [1.165, 1.54) is 12.1 Å². The number of nitrogens with zero attached hydrogens (tertiary/aromatic N) is 3. The van der Waals surface area contributed by atoms with E-state index in [1.54, 1.807) is 12.1 Å². The number of nitrogens with one attached hydrogen (secondary N) is 1. The van der Waals surface area contributed by atoms with E-state index in [9.17, 15) is 10.1 Å². The Bertz CT molecular complexity index is 1000. The first-order chi connectivity index (χ1) is 12.2. The molecule has 3 aromatic rings. The predicted octanol–water partition coefficient (Wildman–Crippen LogP) is 3.55. The molecule has 2 heterocycles. The van der Waals surface area contributed by atoms with Crippen molar-refractivity contribution in [1.82, 2.24) is 9.88 Å². The minimum atomic E-state index is -0.392. The third-order valence-electron chi connectivity index (χ3n) is 4.18. The molecule has 0 saturated heterocycles. The van der Waals surface area contributed by atoms with Crippen molar-refractivity contribution >= 4 is 34.2 Å². The third kappa shape index (κ3) is 2.89. The summed E-state index contributed by atoms with van der Waals surface area (Å²) in [4.78, 5) is 15.0. The summed E-state index contributed by atoms with van der Waals surface area (Å²) in [6.45, 7) is 1.55. The van der Waals surface area contributed by atoms with Gasteiger partial charge in [-0.2, -0.15) is 0 Å². The monoisotopic (exact) mass is 332 g/mol. The molecule has 0 atom stereocenters. The van der Waals surface area contributed by atoms with Gasteiger partial charge < -0.3 is 9.88 Å². The number of nitro benzene ring substituents is 1. The Balaban J connectivity index is 1.82. The van der Waals surface area contributed by atoms with Crippen LogP contribution in [-0.2, 0) is 0 Å². The molecule has 1 aromatic heterocycles. The summed E-state index contributed by atoms with van der Waals surface area (Å²) in [7, 11) is 0. The van der Waals surface area contributed by atoms with Crippen LogP contribution in [0.4, 0.5) is 5.69 Å². The van der Waals surface area contributed by atoms with Crippen molar-refractivity contribution in [3.05, 3.63) is 76.5 Å². The summed E-state index contributed by atoms with van der Waals surface area (Å²) in [5, 5.41) is 15.3. The van der Waals surface area contributed by atoms with Gasteiger partial charge in [-0.3, -0.25) is 15.1 Å². The summed E-state index contributed by atoms with van der Waals surface area (Å²) in [6, 6.07) is 16.7. The second-order valence-corrected chi connectivity index (χ2v) is 5.78. The zero-order valence-corrected chi connectivity index (χ0v) is 13.4. The van der Waals surface area contributed by atoms with Crippen molar-refractivity contribution in [2.24, 2.45) is 4.99 Å². The average molecular weight is 332 g/mol. The zero-order valence-electron chi connectivity index (χ0n) is 13.4. The fourth-order valence-corrected chi connectivity index (χ4v) is 2.96. The minimum Gasteiger partial charge on any atom is -0.367 e. The van der Waals surface area contributed by atoms with E-state index in [0.717, 1.165) is 41.1 Å². The largest absolute Gasteiger partial charge is 0.367 e. The number of hydrogen-bond donors (Lipinski definition) is 1.